The van der Waals surface area contributed by atoms with E-state index in [1.54, 1.807) is 11.8 Å². The lowest BCUT2D eigenvalue weighted by molar-refractivity contribution is -0.147. The Balaban J connectivity index is 1.86. The van der Waals surface area contributed by atoms with Gasteiger partial charge < -0.3 is 20.1 Å². The fourth-order valence-electron chi connectivity index (χ4n) is 2.89. The molecule has 6 nitrogen and oxygen atoms in total. The number of ether oxygens (including phenoxy) is 1. The number of nitrogens with one attached hydrogen (secondary N) is 1. The summed E-state index contributed by atoms with van der Waals surface area (Å²) >= 11 is 0. The second-order valence-corrected chi connectivity index (χ2v) is 6.92. The number of benzene rings is 1. The normalized spacial score (nSPS) is 21.4. The van der Waals surface area contributed by atoms with E-state index in [9.17, 15) is 14.7 Å². The zero-order chi connectivity index (χ0) is 17.9. The molecule has 6 heteroatoms. The fraction of sp³-hybridized carbons (Fsp3) is 0.556. The van der Waals surface area contributed by atoms with Crippen LogP contribution < -0.4 is 10.1 Å². The van der Waals surface area contributed by atoms with Crippen LogP contribution in [0.4, 0.5) is 4.79 Å². The summed E-state index contributed by atoms with van der Waals surface area (Å²) in [6, 6.07) is 5.55. The Labute approximate surface area is 142 Å². The average molecular weight is 334 g/mol. The third kappa shape index (κ3) is 3.99. The second kappa shape index (κ2) is 7.11. The van der Waals surface area contributed by atoms with Crippen molar-refractivity contribution >= 4 is 12.0 Å². The van der Waals surface area contributed by atoms with Crippen LogP contribution in [0.1, 0.15) is 31.4 Å². The predicted molar refractivity (Wildman–Crippen MR) is 91.3 cm³/mol. The van der Waals surface area contributed by atoms with Gasteiger partial charge in [0.25, 0.3) is 0 Å². The van der Waals surface area contributed by atoms with Crippen molar-refractivity contribution in [2.24, 2.45) is 5.41 Å². The van der Waals surface area contributed by atoms with E-state index >= 15 is 0 Å². The number of amides is 2. The number of carboxylic acids is 1. The number of nitrogens with zero attached hydrogens (tertiary/aromatic N) is 1. The van der Waals surface area contributed by atoms with Crippen LogP contribution in [0.5, 0.6) is 5.75 Å². The van der Waals surface area contributed by atoms with Crippen molar-refractivity contribution in [1.29, 1.82) is 0 Å². The number of aliphatic carboxylic acids is 1. The molecule has 0 saturated carbocycles. The first-order valence-electron chi connectivity index (χ1n) is 8.21. The third-order valence-electron chi connectivity index (χ3n) is 4.53. The van der Waals surface area contributed by atoms with Crippen LogP contribution >= 0.6 is 0 Å². The van der Waals surface area contributed by atoms with Gasteiger partial charge >= 0.3 is 12.0 Å². The Morgan fingerprint density at radius 3 is 2.54 bits per heavy atom. The molecule has 2 unspecified atom stereocenters. The minimum atomic E-state index is -0.857. The van der Waals surface area contributed by atoms with Crippen LogP contribution in [0, 0.1) is 19.3 Å². The maximum absolute atomic E-state index is 12.3. The molecular weight excluding hydrogens is 308 g/mol. The highest BCUT2D eigenvalue weighted by molar-refractivity contribution is 5.79. The van der Waals surface area contributed by atoms with Crippen molar-refractivity contribution in [3.63, 3.8) is 0 Å². The van der Waals surface area contributed by atoms with Crippen LogP contribution in [-0.4, -0.2) is 47.7 Å². The van der Waals surface area contributed by atoms with E-state index in [1.165, 1.54) is 0 Å². The van der Waals surface area contributed by atoms with Crippen LogP contribution in [-0.2, 0) is 4.79 Å². The number of carbonyl (C=O) groups is 2. The molecule has 0 bridgehead atoms. The zero-order valence-electron chi connectivity index (χ0n) is 14.8. The fourth-order valence-corrected chi connectivity index (χ4v) is 2.89. The van der Waals surface area contributed by atoms with E-state index in [0.29, 0.717) is 19.6 Å². The molecule has 0 spiro atoms. The Kier molecular flexibility index (Phi) is 5.36. The van der Waals surface area contributed by atoms with Gasteiger partial charge in [0.1, 0.15) is 12.4 Å². The van der Waals surface area contributed by atoms with Crippen molar-refractivity contribution in [3.8, 4) is 5.75 Å². The third-order valence-corrected chi connectivity index (χ3v) is 4.53. The Morgan fingerprint density at radius 1 is 1.38 bits per heavy atom. The molecule has 132 valence electrons. The highest BCUT2D eigenvalue weighted by Crippen LogP contribution is 2.30. The van der Waals surface area contributed by atoms with Crippen molar-refractivity contribution in [2.75, 3.05) is 19.7 Å². The number of carboxylic acid groups (broad SMARTS) is 1. The molecule has 1 saturated heterocycles. The molecule has 1 aromatic carbocycles. The largest absolute Gasteiger partial charge is 0.491 e. The second-order valence-electron chi connectivity index (χ2n) is 6.92. The van der Waals surface area contributed by atoms with Crippen molar-refractivity contribution < 1.29 is 19.4 Å². The van der Waals surface area contributed by atoms with Crippen molar-refractivity contribution in [3.05, 3.63) is 29.3 Å². The van der Waals surface area contributed by atoms with Gasteiger partial charge in [0, 0.05) is 13.1 Å². The van der Waals surface area contributed by atoms with Gasteiger partial charge in [-0.1, -0.05) is 18.2 Å². The van der Waals surface area contributed by atoms with Gasteiger partial charge in [-0.05, 0) is 45.2 Å². The van der Waals surface area contributed by atoms with E-state index in [2.05, 4.69) is 5.32 Å². The zero-order valence-corrected chi connectivity index (χ0v) is 14.8. The molecule has 2 atom stereocenters. The first-order chi connectivity index (χ1) is 11.2. The van der Waals surface area contributed by atoms with Gasteiger partial charge in [-0.3, -0.25) is 4.79 Å². The summed E-state index contributed by atoms with van der Waals surface area (Å²) in [4.78, 5) is 25.1. The summed E-state index contributed by atoms with van der Waals surface area (Å²) in [5, 5.41) is 12.1. The molecule has 1 fully saturated rings. The maximum atomic E-state index is 12.3. The lowest BCUT2D eigenvalue weighted by Gasteiger charge is -2.23. The number of hydrogen-bond acceptors (Lipinski definition) is 3. The summed E-state index contributed by atoms with van der Waals surface area (Å²) in [5.74, 6) is -0.0116. The van der Waals surface area contributed by atoms with Gasteiger partial charge in [0.15, 0.2) is 0 Å². The molecule has 1 aliphatic rings. The average Bonchev–Trinajstić information content (AvgIpc) is 2.91. The number of para-hydroxylation sites is 1. The number of rotatable bonds is 5. The van der Waals surface area contributed by atoms with Gasteiger partial charge in [-0.25, -0.2) is 4.79 Å². The quantitative estimate of drug-likeness (QED) is 0.867. The molecule has 1 aliphatic heterocycles. The van der Waals surface area contributed by atoms with Gasteiger partial charge in [-0.15, -0.1) is 0 Å². The topological polar surface area (TPSA) is 78.9 Å². The number of likely N-dealkylation sites (tertiary alicyclic amines) is 1. The summed E-state index contributed by atoms with van der Waals surface area (Å²) in [6.07, 6.45) is 0.475. The SMILES string of the molecule is Cc1cccc(C)c1OCC(C)NC(=O)N1CCC(C)(C(=O)O)C1. The van der Waals surface area contributed by atoms with Crippen LogP contribution in [0.3, 0.4) is 0 Å². The molecule has 0 aliphatic carbocycles. The molecule has 0 radical (unpaired) electrons. The molecule has 2 N–H and O–H groups in total. The minimum Gasteiger partial charge on any atom is -0.491 e. The minimum absolute atomic E-state index is 0.173. The molecule has 1 heterocycles. The Hall–Kier alpha value is -2.24. The van der Waals surface area contributed by atoms with Gasteiger partial charge in [0.2, 0.25) is 0 Å². The molecule has 0 aromatic heterocycles. The summed E-state index contributed by atoms with van der Waals surface area (Å²) in [5.41, 5.74) is 1.27. The number of urea groups is 1. The van der Waals surface area contributed by atoms with Crippen LogP contribution in [0.2, 0.25) is 0 Å². The maximum Gasteiger partial charge on any atom is 0.317 e. The smallest absolute Gasteiger partial charge is 0.317 e. The Bertz CT molecular complexity index is 611. The van der Waals surface area contributed by atoms with Crippen molar-refractivity contribution in [2.45, 2.75) is 40.2 Å². The van der Waals surface area contributed by atoms with E-state index in [4.69, 9.17) is 4.74 Å². The van der Waals surface area contributed by atoms with Gasteiger partial charge in [0.05, 0.1) is 11.5 Å². The van der Waals surface area contributed by atoms with E-state index in [-0.39, 0.29) is 18.6 Å². The molecule has 1 aromatic rings. The Morgan fingerprint density at radius 2 is 2.00 bits per heavy atom. The first kappa shape index (κ1) is 18.1. The van der Waals surface area contributed by atoms with E-state index in [0.717, 1.165) is 16.9 Å². The van der Waals surface area contributed by atoms with E-state index < -0.39 is 11.4 Å². The monoisotopic (exact) mass is 334 g/mol. The lowest BCUT2D eigenvalue weighted by atomic mass is 9.90. The van der Waals surface area contributed by atoms with Gasteiger partial charge in [-0.2, -0.15) is 0 Å². The van der Waals surface area contributed by atoms with Crippen LogP contribution in [0.25, 0.3) is 0 Å². The molecule has 2 rings (SSSR count). The predicted octanol–water partition coefficient (Wildman–Crippen LogP) is 2.58. The number of hydrogen-bond donors (Lipinski definition) is 2. The number of carbonyl (C=O) groups excluding carboxylic acids is 1. The molecule has 2 amide bonds. The summed E-state index contributed by atoms with van der Waals surface area (Å²) in [7, 11) is 0. The van der Waals surface area contributed by atoms with Crippen LogP contribution in [0.15, 0.2) is 18.2 Å². The molecule has 24 heavy (non-hydrogen) atoms. The highest BCUT2D eigenvalue weighted by atomic mass is 16.5. The summed E-state index contributed by atoms with van der Waals surface area (Å²) < 4.78 is 5.84. The van der Waals surface area contributed by atoms with E-state index in [1.807, 2.05) is 39.0 Å². The number of aryl methyl sites for hydroxylation is 2. The lowest BCUT2D eigenvalue weighted by Crippen LogP contribution is -2.46. The first-order valence-corrected chi connectivity index (χ1v) is 8.21. The molecular formula is C18H26N2O4. The standard InChI is InChI=1S/C18H26N2O4/c1-12-6-5-7-13(2)15(12)24-10-14(3)19-17(23)20-9-8-18(4,11-20)16(21)22/h5-7,14H,8-11H2,1-4H3,(H,19,23)(H,21,22). The highest BCUT2D eigenvalue weighted by Gasteiger charge is 2.42. The summed E-state index contributed by atoms with van der Waals surface area (Å²) in [6.45, 7) is 8.58. The van der Waals surface area contributed by atoms with Crippen molar-refractivity contribution in [1.82, 2.24) is 10.2 Å².